The van der Waals surface area contributed by atoms with Gasteiger partial charge in [-0.1, -0.05) is 48.5 Å². The van der Waals surface area contributed by atoms with Gasteiger partial charge in [0.15, 0.2) is 0 Å². The van der Waals surface area contributed by atoms with Crippen LogP contribution in [-0.4, -0.2) is 116 Å². The van der Waals surface area contributed by atoms with Gasteiger partial charge in [-0.05, 0) is 42.3 Å². The van der Waals surface area contributed by atoms with Crippen molar-refractivity contribution in [2.24, 2.45) is 0 Å². The number of nitrogens with one attached hydrogen (secondary N) is 3. The first-order chi connectivity index (χ1) is 22.8. The maximum Gasteiger partial charge on any atom is 0.255 e. The predicted molar refractivity (Wildman–Crippen MR) is 187 cm³/mol. The summed E-state index contributed by atoms with van der Waals surface area (Å²) < 4.78 is 6.35. The standard InChI is InChI=1S/C36H48N8O3/c1-25(44-14-12-43(13-15-44)16-17-45)27-8-10-29(11-9-27)28-6-4-26(5-7-28)24-47-34-23-42(3)22-33(34)41-36(46)32-18-30(21-40-35(32)38)31(19-37)20-39-2/h4-11,18-21,25,33-34,37,39,45H,12-17,22-24H2,1-3H3,(H2,38,40)(H,41,46)/b31-20+,37-19?/t25?,33-,34-/m0/s1. The summed E-state index contributed by atoms with van der Waals surface area (Å²) in [7, 11) is 3.76. The van der Waals surface area contributed by atoms with Gasteiger partial charge in [0.2, 0.25) is 0 Å². The molecule has 11 nitrogen and oxygen atoms in total. The molecule has 1 aromatic heterocycles. The number of aromatic nitrogens is 1. The summed E-state index contributed by atoms with van der Waals surface area (Å²) in [5.74, 6) is -0.175. The van der Waals surface area contributed by atoms with E-state index in [-0.39, 0.29) is 36.0 Å². The number of carbonyl (C=O) groups excluding carboxylic acids is 1. The molecule has 0 spiro atoms. The number of carbonyl (C=O) groups is 1. The normalized spacial score (nSPS) is 20.2. The Morgan fingerprint density at radius 2 is 1.79 bits per heavy atom. The highest BCUT2D eigenvalue weighted by Crippen LogP contribution is 2.27. The number of allylic oxidation sites excluding steroid dienone is 1. The quantitative estimate of drug-likeness (QED) is 0.178. The van der Waals surface area contributed by atoms with Crippen molar-refractivity contribution in [1.29, 1.82) is 5.41 Å². The van der Waals surface area contributed by atoms with Crippen molar-refractivity contribution in [2.75, 3.05) is 72.2 Å². The Kier molecular flexibility index (Phi) is 11.7. The monoisotopic (exact) mass is 640 g/mol. The fourth-order valence-electron chi connectivity index (χ4n) is 6.37. The number of benzene rings is 2. The summed E-state index contributed by atoms with van der Waals surface area (Å²) in [6.45, 7) is 9.05. The van der Waals surface area contributed by atoms with Gasteiger partial charge in [0, 0.05) is 88.7 Å². The lowest BCUT2D eigenvalue weighted by Crippen LogP contribution is -2.47. The van der Waals surface area contributed by atoms with Crippen LogP contribution in [0, 0.1) is 5.41 Å². The number of nitrogens with two attached hydrogens (primary N) is 1. The predicted octanol–water partition coefficient (Wildman–Crippen LogP) is 2.84. The van der Waals surface area contributed by atoms with Gasteiger partial charge in [-0.3, -0.25) is 14.6 Å². The zero-order chi connectivity index (χ0) is 33.3. The molecule has 3 heterocycles. The van der Waals surface area contributed by atoms with Gasteiger partial charge in [-0.25, -0.2) is 4.98 Å². The highest BCUT2D eigenvalue weighted by atomic mass is 16.5. The Hall–Kier alpha value is -4.13. The maximum atomic E-state index is 13.3. The second-order valence-electron chi connectivity index (χ2n) is 12.4. The number of hydrogen-bond donors (Lipinski definition) is 5. The summed E-state index contributed by atoms with van der Waals surface area (Å²) in [6.07, 6.45) is 4.25. The molecule has 0 radical (unpaired) electrons. The number of likely N-dealkylation sites (tertiary alicyclic amines) is 1. The average molecular weight is 641 g/mol. The van der Waals surface area contributed by atoms with Crippen LogP contribution in [0.2, 0.25) is 0 Å². The van der Waals surface area contributed by atoms with Crippen molar-refractivity contribution < 1.29 is 14.6 Å². The molecule has 3 atom stereocenters. The van der Waals surface area contributed by atoms with Gasteiger partial charge < -0.3 is 36.5 Å². The number of likely N-dealkylation sites (N-methyl/N-ethyl adjacent to an activating group) is 1. The van der Waals surface area contributed by atoms with Gasteiger partial charge in [0.1, 0.15) is 5.82 Å². The average Bonchev–Trinajstić information content (AvgIpc) is 3.45. The van der Waals surface area contributed by atoms with Crippen LogP contribution in [0.4, 0.5) is 5.82 Å². The third kappa shape index (κ3) is 8.62. The molecule has 2 aromatic carbocycles. The van der Waals surface area contributed by atoms with Gasteiger partial charge in [0.25, 0.3) is 5.91 Å². The number of anilines is 1. The number of rotatable bonds is 13. The van der Waals surface area contributed by atoms with E-state index in [2.05, 4.69) is 85.8 Å². The Bertz CT molecular complexity index is 1520. The highest BCUT2D eigenvalue weighted by molar-refractivity contribution is 6.09. The van der Waals surface area contributed by atoms with E-state index in [0.717, 1.165) is 43.9 Å². The molecule has 2 aliphatic rings. The molecule has 47 heavy (non-hydrogen) atoms. The molecule has 2 fully saturated rings. The van der Waals surface area contributed by atoms with E-state index in [1.165, 1.54) is 17.3 Å². The van der Waals surface area contributed by atoms with E-state index in [0.29, 0.717) is 36.9 Å². The highest BCUT2D eigenvalue weighted by Gasteiger charge is 2.33. The minimum atomic E-state index is -0.315. The maximum absolute atomic E-state index is 13.3. The molecule has 0 bridgehead atoms. The lowest BCUT2D eigenvalue weighted by molar-refractivity contribution is 0.0323. The molecular weight excluding hydrogens is 592 g/mol. The Balaban J connectivity index is 1.16. The molecule has 6 N–H and O–H groups in total. The van der Waals surface area contributed by atoms with Crippen LogP contribution in [0.25, 0.3) is 16.7 Å². The summed E-state index contributed by atoms with van der Waals surface area (Å²) >= 11 is 0. The Morgan fingerprint density at radius 1 is 1.11 bits per heavy atom. The number of piperazine rings is 1. The first-order valence-electron chi connectivity index (χ1n) is 16.3. The minimum Gasteiger partial charge on any atom is -0.395 e. The van der Waals surface area contributed by atoms with E-state index < -0.39 is 0 Å². The lowest BCUT2D eigenvalue weighted by atomic mass is 9.99. The van der Waals surface area contributed by atoms with Crippen LogP contribution in [-0.2, 0) is 11.3 Å². The van der Waals surface area contributed by atoms with Crippen molar-refractivity contribution >= 4 is 23.5 Å². The third-order valence-electron chi connectivity index (χ3n) is 9.23. The van der Waals surface area contributed by atoms with Crippen molar-refractivity contribution in [1.82, 2.24) is 30.3 Å². The number of aliphatic hydroxyl groups is 1. The summed E-state index contributed by atoms with van der Waals surface area (Å²) in [5.41, 5.74) is 12.3. The largest absolute Gasteiger partial charge is 0.395 e. The molecule has 5 rings (SSSR count). The van der Waals surface area contributed by atoms with E-state index in [1.54, 1.807) is 25.5 Å². The number of aliphatic hydroxyl groups excluding tert-OH is 1. The number of nitrogen functional groups attached to an aromatic ring is 1. The number of nitrogens with zero attached hydrogens (tertiary/aromatic N) is 4. The van der Waals surface area contributed by atoms with Gasteiger partial charge >= 0.3 is 0 Å². The molecule has 3 aromatic rings. The van der Waals surface area contributed by atoms with Crippen molar-refractivity contribution in [2.45, 2.75) is 31.7 Å². The zero-order valence-corrected chi connectivity index (χ0v) is 27.7. The van der Waals surface area contributed by atoms with Gasteiger partial charge in [-0.2, -0.15) is 0 Å². The Labute approximate surface area is 277 Å². The van der Waals surface area contributed by atoms with E-state index in [4.69, 9.17) is 15.9 Å². The number of ether oxygens (including phenoxy) is 1. The molecule has 1 unspecified atom stereocenters. The zero-order valence-electron chi connectivity index (χ0n) is 27.7. The van der Waals surface area contributed by atoms with E-state index in [1.807, 2.05) is 7.05 Å². The van der Waals surface area contributed by atoms with Gasteiger partial charge in [0.05, 0.1) is 30.9 Å². The Morgan fingerprint density at radius 3 is 2.43 bits per heavy atom. The van der Waals surface area contributed by atoms with Crippen LogP contribution in [0.1, 0.15) is 40.0 Å². The SMILES string of the molecule is CN/C=C(\C=N)c1cnc(N)c(C(=O)N[C@H]2CN(C)C[C@@H]2OCc2ccc(-c3ccc(C(C)N4CCN(CCO)CC4)cc3)cc2)c1. The molecule has 1 amide bonds. The number of hydrogen-bond acceptors (Lipinski definition) is 10. The third-order valence-corrected chi connectivity index (χ3v) is 9.23. The van der Waals surface area contributed by atoms with Crippen LogP contribution in [0.3, 0.4) is 0 Å². The van der Waals surface area contributed by atoms with E-state index >= 15 is 0 Å². The smallest absolute Gasteiger partial charge is 0.255 e. The molecular formula is C36H48N8O3. The number of pyridine rings is 1. The topological polar surface area (TPSA) is 143 Å². The number of amides is 1. The van der Waals surface area contributed by atoms with E-state index in [9.17, 15) is 9.90 Å². The molecule has 0 saturated carbocycles. The van der Waals surface area contributed by atoms with Crippen LogP contribution in [0.5, 0.6) is 0 Å². The second kappa shape index (κ2) is 16.1. The first kappa shape index (κ1) is 34.2. The summed E-state index contributed by atoms with van der Waals surface area (Å²) in [5, 5.41) is 22.9. The molecule has 250 valence electrons. The molecule has 0 aliphatic carbocycles. The molecule has 2 aliphatic heterocycles. The summed E-state index contributed by atoms with van der Waals surface area (Å²) in [6, 6.07) is 19.1. The van der Waals surface area contributed by atoms with Crippen LogP contribution in [0.15, 0.2) is 67.0 Å². The van der Waals surface area contributed by atoms with Crippen molar-refractivity contribution in [3.8, 4) is 11.1 Å². The van der Waals surface area contributed by atoms with Crippen LogP contribution >= 0.6 is 0 Å². The summed E-state index contributed by atoms with van der Waals surface area (Å²) in [4.78, 5) is 24.5. The fourth-order valence-corrected chi connectivity index (χ4v) is 6.37. The minimum absolute atomic E-state index is 0.140. The van der Waals surface area contributed by atoms with Gasteiger partial charge in [-0.15, -0.1) is 0 Å². The fraction of sp³-hybridized carbons (Fsp3) is 0.417. The van der Waals surface area contributed by atoms with Crippen molar-refractivity contribution in [3.63, 3.8) is 0 Å². The van der Waals surface area contributed by atoms with Crippen LogP contribution < -0.4 is 16.4 Å². The van der Waals surface area contributed by atoms with Crippen molar-refractivity contribution in [3.05, 3.63) is 89.2 Å². The lowest BCUT2D eigenvalue weighted by Gasteiger charge is -2.38. The second-order valence-corrected chi connectivity index (χ2v) is 12.4. The number of β-amino-alcohol motifs (C(OH)–C–C–N with tert-alkyl or cyclic N) is 1. The molecule has 2 saturated heterocycles. The molecule has 11 heteroatoms. The first-order valence-corrected chi connectivity index (χ1v) is 16.3.